The minimum absolute atomic E-state index is 0.144. The summed E-state index contributed by atoms with van der Waals surface area (Å²) in [5.41, 5.74) is 2.61. The number of carbonyl (C=O) groups is 2. The van der Waals surface area contributed by atoms with E-state index >= 15 is 0 Å². The molecule has 0 atom stereocenters. The molecule has 1 aliphatic heterocycles. The molecule has 0 unspecified atom stereocenters. The van der Waals surface area contributed by atoms with Gasteiger partial charge in [-0.15, -0.1) is 0 Å². The summed E-state index contributed by atoms with van der Waals surface area (Å²) in [7, 11) is 1.34. The van der Waals surface area contributed by atoms with Crippen LogP contribution in [-0.2, 0) is 9.47 Å². The highest BCUT2D eigenvalue weighted by Crippen LogP contribution is 2.12. The Hall–Kier alpha value is -3.30. The summed E-state index contributed by atoms with van der Waals surface area (Å²) < 4.78 is 9.97. The Morgan fingerprint density at radius 1 is 1.04 bits per heavy atom. The molecule has 1 aliphatic rings. The van der Waals surface area contributed by atoms with Gasteiger partial charge in [-0.25, -0.2) is 9.59 Å². The smallest absolute Gasteiger partial charge is 0.337 e. The van der Waals surface area contributed by atoms with Crippen molar-refractivity contribution in [1.82, 2.24) is 4.90 Å². The number of amides is 2. The number of esters is 1. The summed E-state index contributed by atoms with van der Waals surface area (Å²) in [5.74, 6) is 5.68. The number of urea groups is 1. The molecular weight excluding hydrogens is 344 g/mol. The van der Waals surface area contributed by atoms with Crippen LogP contribution in [-0.4, -0.2) is 50.3 Å². The van der Waals surface area contributed by atoms with Gasteiger partial charge in [0.05, 0.1) is 25.9 Å². The summed E-state index contributed by atoms with van der Waals surface area (Å²) >= 11 is 0. The first kappa shape index (κ1) is 18.5. The second-order valence-electron chi connectivity index (χ2n) is 5.93. The summed E-state index contributed by atoms with van der Waals surface area (Å²) in [4.78, 5) is 25.6. The predicted octanol–water partition coefficient (Wildman–Crippen LogP) is 2.74. The van der Waals surface area contributed by atoms with E-state index in [1.807, 2.05) is 30.3 Å². The zero-order valence-electron chi connectivity index (χ0n) is 15.0. The van der Waals surface area contributed by atoms with Crippen molar-refractivity contribution in [3.05, 3.63) is 65.2 Å². The lowest BCUT2D eigenvalue weighted by Crippen LogP contribution is -2.43. The van der Waals surface area contributed by atoms with E-state index in [1.165, 1.54) is 7.11 Å². The fourth-order valence-electron chi connectivity index (χ4n) is 2.63. The van der Waals surface area contributed by atoms with Gasteiger partial charge in [0, 0.05) is 29.9 Å². The van der Waals surface area contributed by atoms with Crippen LogP contribution in [0.1, 0.15) is 21.5 Å². The third-order valence-electron chi connectivity index (χ3n) is 4.05. The number of nitrogens with one attached hydrogen (secondary N) is 1. The van der Waals surface area contributed by atoms with E-state index in [-0.39, 0.29) is 6.03 Å². The van der Waals surface area contributed by atoms with Crippen molar-refractivity contribution in [1.29, 1.82) is 0 Å². The Labute approximate surface area is 158 Å². The number of hydrogen-bond acceptors (Lipinski definition) is 4. The van der Waals surface area contributed by atoms with Crippen LogP contribution in [0.2, 0.25) is 0 Å². The average molecular weight is 364 g/mol. The van der Waals surface area contributed by atoms with E-state index in [1.54, 1.807) is 23.1 Å². The summed E-state index contributed by atoms with van der Waals surface area (Å²) in [6.45, 7) is 2.29. The molecule has 0 radical (unpaired) electrons. The van der Waals surface area contributed by atoms with Crippen LogP contribution in [0.15, 0.2) is 48.5 Å². The number of nitrogens with zero attached hydrogens (tertiary/aromatic N) is 1. The molecule has 2 aromatic rings. The Kier molecular flexibility index (Phi) is 6.08. The lowest BCUT2D eigenvalue weighted by Gasteiger charge is -2.26. The Morgan fingerprint density at radius 3 is 2.41 bits per heavy atom. The lowest BCUT2D eigenvalue weighted by atomic mass is 10.1. The van der Waals surface area contributed by atoms with Crippen molar-refractivity contribution in [2.24, 2.45) is 0 Å². The largest absolute Gasteiger partial charge is 0.465 e. The highest BCUT2D eigenvalue weighted by atomic mass is 16.5. The number of anilines is 1. The number of hydrogen-bond donors (Lipinski definition) is 1. The standard InChI is InChI=1S/C21H20N2O4/c1-26-20(24)18-6-2-4-16(14-18)8-9-17-5-3-7-19(15-17)22-21(25)23-10-12-27-13-11-23/h2-7,14-15H,10-13H2,1H3,(H,22,25). The zero-order chi connectivity index (χ0) is 19.1. The second kappa shape index (κ2) is 8.88. The number of morpholine rings is 1. The minimum Gasteiger partial charge on any atom is -0.465 e. The first-order valence-electron chi connectivity index (χ1n) is 8.60. The SMILES string of the molecule is COC(=O)c1cccc(C#Cc2cccc(NC(=O)N3CCOCC3)c2)c1. The topological polar surface area (TPSA) is 67.9 Å². The third kappa shape index (κ3) is 5.09. The summed E-state index contributed by atoms with van der Waals surface area (Å²) in [5, 5.41) is 2.88. The van der Waals surface area contributed by atoms with E-state index < -0.39 is 5.97 Å². The molecular formula is C21H20N2O4. The highest BCUT2D eigenvalue weighted by molar-refractivity contribution is 5.90. The van der Waals surface area contributed by atoms with E-state index in [4.69, 9.17) is 9.47 Å². The van der Waals surface area contributed by atoms with Gasteiger partial charge in [0.15, 0.2) is 0 Å². The van der Waals surface area contributed by atoms with Crippen molar-refractivity contribution in [2.45, 2.75) is 0 Å². The van der Waals surface area contributed by atoms with Crippen LogP contribution in [0, 0.1) is 11.8 Å². The van der Waals surface area contributed by atoms with E-state index in [0.29, 0.717) is 43.1 Å². The molecule has 1 N–H and O–H groups in total. The van der Waals surface area contributed by atoms with Crippen LogP contribution in [0.25, 0.3) is 0 Å². The van der Waals surface area contributed by atoms with Crippen LogP contribution < -0.4 is 5.32 Å². The normalized spacial score (nSPS) is 13.3. The number of carbonyl (C=O) groups excluding carboxylic acids is 2. The van der Waals surface area contributed by atoms with Gasteiger partial charge >= 0.3 is 12.0 Å². The average Bonchev–Trinajstić information content (AvgIpc) is 2.73. The molecule has 0 bridgehead atoms. The van der Waals surface area contributed by atoms with Crippen molar-refractivity contribution in [3.8, 4) is 11.8 Å². The minimum atomic E-state index is -0.397. The summed E-state index contributed by atoms with van der Waals surface area (Å²) in [6, 6.07) is 14.1. The molecule has 1 heterocycles. The van der Waals surface area contributed by atoms with Crippen molar-refractivity contribution in [2.75, 3.05) is 38.7 Å². The van der Waals surface area contributed by atoms with Crippen LogP contribution >= 0.6 is 0 Å². The van der Waals surface area contributed by atoms with Crippen LogP contribution in [0.3, 0.4) is 0 Å². The maximum atomic E-state index is 12.3. The van der Waals surface area contributed by atoms with E-state index in [2.05, 4.69) is 17.2 Å². The Balaban J connectivity index is 1.70. The van der Waals surface area contributed by atoms with Gasteiger partial charge in [0.2, 0.25) is 0 Å². The predicted molar refractivity (Wildman–Crippen MR) is 102 cm³/mol. The van der Waals surface area contributed by atoms with Gasteiger partial charge in [0.25, 0.3) is 0 Å². The number of methoxy groups -OCH3 is 1. The lowest BCUT2D eigenvalue weighted by molar-refractivity contribution is 0.0564. The molecule has 0 aromatic heterocycles. The van der Waals surface area contributed by atoms with Gasteiger partial charge in [-0.05, 0) is 36.4 Å². The molecule has 0 spiro atoms. The quantitative estimate of drug-likeness (QED) is 0.657. The monoisotopic (exact) mass is 364 g/mol. The molecule has 0 aliphatic carbocycles. The second-order valence-corrected chi connectivity index (χ2v) is 5.93. The van der Waals surface area contributed by atoms with Crippen LogP contribution in [0.4, 0.5) is 10.5 Å². The van der Waals surface area contributed by atoms with Crippen molar-refractivity contribution in [3.63, 3.8) is 0 Å². The molecule has 6 nitrogen and oxygen atoms in total. The van der Waals surface area contributed by atoms with Gasteiger partial charge < -0.3 is 19.7 Å². The molecule has 1 fully saturated rings. The highest BCUT2D eigenvalue weighted by Gasteiger charge is 2.16. The Morgan fingerprint density at radius 2 is 1.70 bits per heavy atom. The summed E-state index contributed by atoms with van der Waals surface area (Å²) in [6.07, 6.45) is 0. The van der Waals surface area contributed by atoms with Crippen LogP contribution in [0.5, 0.6) is 0 Å². The van der Waals surface area contributed by atoms with Gasteiger partial charge in [-0.1, -0.05) is 24.0 Å². The molecule has 6 heteroatoms. The molecule has 2 amide bonds. The molecule has 1 saturated heterocycles. The molecule has 138 valence electrons. The van der Waals surface area contributed by atoms with Gasteiger partial charge in [-0.3, -0.25) is 0 Å². The van der Waals surface area contributed by atoms with Crippen molar-refractivity contribution < 1.29 is 19.1 Å². The van der Waals surface area contributed by atoms with E-state index in [0.717, 1.165) is 5.56 Å². The first-order valence-corrected chi connectivity index (χ1v) is 8.60. The number of rotatable bonds is 2. The number of ether oxygens (including phenoxy) is 2. The third-order valence-corrected chi connectivity index (χ3v) is 4.05. The first-order chi connectivity index (χ1) is 13.2. The fourth-order valence-corrected chi connectivity index (χ4v) is 2.63. The molecule has 0 saturated carbocycles. The maximum Gasteiger partial charge on any atom is 0.337 e. The van der Waals surface area contributed by atoms with Gasteiger partial charge in [-0.2, -0.15) is 0 Å². The van der Waals surface area contributed by atoms with Crippen molar-refractivity contribution >= 4 is 17.7 Å². The molecule has 2 aromatic carbocycles. The fraction of sp³-hybridized carbons (Fsp3) is 0.238. The molecule has 3 rings (SSSR count). The van der Waals surface area contributed by atoms with E-state index in [9.17, 15) is 9.59 Å². The maximum absolute atomic E-state index is 12.3. The zero-order valence-corrected chi connectivity index (χ0v) is 15.0. The Bertz CT molecular complexity index is 892. The molecule has 27 heavy (non-hydrogen) atoms. The number of benzene rings is 2. The van der Waals surface area contributed by atoms with Gasteiger partial charge in [0.1, 0.15) is 0 Å².